The number of amides is 2. The lowest BCUT2D eigenvalue weighted by molar-refractivity contribution is -0.152. The van der Waals surface area contributed by atoms with Gasteiger partial charge in [-0.15, -0.1) is 0 Å². The number of H-pyrrole nitrogens is 1. The van der Waals surface area contributed by atoms with Crippen molar-refractivity contribution in [1.29, 1.82) is 0 Å². The largest absolute Gasteiger partial charge is 0.338 e. The van der Waals surface area contributed by atoms with E-state index in [9.17, 15) is 14.4 Å². The molecule has 1 N–H and O–H groups in total. The van der Waals surface area contributed by atoms with E-state index in [2.05, 4.69) is 23.7 Å². The molecule has 0 aliphatic carbocycles. The first-order valence-electron chi connectivity index (χ1n) is 10.8. The van der Waals surface area contributed by atoms with Gasteiger partial charge in [-0.1, -0.05) is 25.4 Å². The molecule has 0 spiro atoms. The van der Waals surface area contributed by atoms with E-state index < -0.39 is 0 Å². The molecule has 3 saturated heterocycles. The lowest BCUT2D eigenvalue weighted by atomic mass is 9.70. The van der Waals surface area contributed by atoms with Gasteiger partial charge in [0, 0.05) is 37.8 Å². The average Bonchev–Trinajstić information content (AvgIpc) is 2.69. The number of likely N-dealkylation sites (tertiary alicyclic amines) is 1. The lowest BCUT2D eigenvalue weighted by Gasteiger charge is -2.56. The molecule has 3 fully saturated rings. The van der Waals surface area contributed by atoms with Crippen LogP contribution in [0.2, 0.25) is 5.02 Å². The molecule has 2 amide bonds. The Kier molecular flexibility index (Phi) is 5.74. The second kappa shape index (κ2) is 8.13. The molecule has 4 rings (SSSR count). The van der Waals surface area contributed by atoms with Crippen molar-refractivity contribution in [3.8, 4) is 0 Å². The Morgan fingerprint density at radius 2 is 2.03 bits per heavy atom. The summed E-state index contributed by atoms with van der Waals surface area (Å²) in [5.74, 6) is 1.45. The van der Waals surface area contributed by atoms with E-state index in [-0.39, 0.29) is 28.6 Å². The third kappa shape index (κ3) is 3.96. The lowest BCUT2D eigenvalue weighted by Crippen LogP contribution is -2.65. The van der Waals surface area contributed by atoms with Crippen LogP contribution in [0.4, 0.5) is 0 Å². The molecule has 1 aromatic rings. The Labute approximate surface area is 176 Å². The zero-order valence-corrected chi connectivity index (χ0v) is 18.0. The molecule has 2 bridgehead atoms. The number of aromatic nitrogens is 1. The van der Waals surface area contributed by atoms with Crippen molar-refractivity contribution in [2.24, 2.45) is 17.8 Å². The minimum atomic E-state index is -0.385. The minimum Gasteiger partial charge on any atom is -0.338 e. The van der Waals surface area contributed by atoms with Crippen LogP contribution in [-0.2, 0) is 4.79 Å². The zero-order chi connectivity index (χ0) is 20.7. The number of pyridine rings is 1. The Morgan fingerprint density at radius 3 is 2.76 bits per heavy atom. The number of nitrogens with one attached hydrogen (secondary N) is 1. The first kappa shape index (κ1) is 20.5. The summed E-state index contributed by atoms with van der Waals surface area (Å²) in [6, 6.07) is 1.93. The van der Waals surface area contributed by atoms with Crippen LogP contribution in [0.15, 0.2) is 17.1 Å². The molecule has 3 aliphatic rings. The Balaban J connectivity index is 1.59. The van der Waals surface area contributed by atoms with Crippen LogP contribution in [0.25, 0.3) is 0 Å². The highest BCUT2D eigenvalue weighted by Gasteiger charge is 2.49. The fraction of sp³-hybridized carbons (Fsp3) is 0.682. The first-order chi connectivity index (χ1) is 13.8. The second-order valence-electron chi connectivity index (χ2n) is 9.33. The van der Waals surface area contributed by atoms with Crippen LogP contribution in [-0.4, -0.2) is 51.8 Å². The molecule has 0 saturated carbocycles. The van der Waals surface area contributed by atoms with E-state index in [1.807, 2.05) is 4.90 Å². The Hall–Kier alpha value is -1.82. The smallest absolute Gasteiger partial charge is 0.266 e. The van der Waals surface area contributed by atoms with E-state index in [1.165, 1.54) is 12.3 Å². The summed E-state index contributed by atoms with van der Waals surface area (Å²) in [6.45, 7) is 5.76. The maximum Gasteiger partial charge on any atom is 0.266 e. The monoisotopic (exact) mass is 419 g/mol. The molecule has 0 radical (unpaired) electrons. The second-order valence-corrected chi connectivity index (χ2v) is 9.74. The molecule has 0 unspecified atom stereocenters. The van der Waals surface area contributed by atoms with Crippen molar-refractivity contribution >= 4 is 23.4 Å². The van der Waals surface area contributed by atoms with Gasteiger partial charge in [0.15, 0.2) is 0 Å². The molecule has 4 heterocycles. The summed E-state index contributed by atoms with van der Waals surface area (Å²) in [5, 5.41) is 0.0342. The predicted octanol–water partition coefficient (Wildman–Crippen LogP) is 3.31. The minimum absolute atomic E-state index is 0.0342. The summed E-state index contributed by atoms with van der Waals surface area (Å²) in [4.78, 5) is 44.2. The Morgan fingerprint density at radius 1 is 1.28 bits per heavy atom. The standard InChI is InChI=1S/C22H30ClN3O3/c1-13(2)6-7-19-16-8-15(18-4-3-5-20(27)26(18)19)11-25(12-16)22(29)14-9-17(23)21(28)24-10-14/h9-10,13,15-16,18-19H,3-8,11-12H2,1-2H3,(H,24,28)/t15-,16+,18+,19+/m1/s1. The van der Waals surface area contributed by atoms with Crippen molar-refractivity contribution in [2.75, 3.05) is 13.1 Å². The molecular formula is C22H30ClN3O3. The SMILES string of the molecule is CC(C)CC[C@H]1[C@H]2C[C@H](CN(C(=O)c3c[nH]c(=O)c(Cl)c3)C2)[C@@H]2CCCC(=O)N21. The summed E-state index contributed by atoms with van der Waals surface area (Å²) < 4.78 is 0. The number of halogens is 1. The van der Waals surface area contributed by atoms with Crippen LogP contribution in [0.3, 0.4) is 0 Å². The van der Waals surface area contributed by atoms with Crippen LogP contribution < -0.4 is 5.56 Å². The van der Waals surface area contributed by atoms with E-state index >= 15 is 0 Å². The third-order valence-electron chi connectivity index (χ3n) is 6.93. The van der Waals surface area contributed by atoms with Crippen LogP contribution in [0, 0.1) is 17.8 Å². The van der Waals surface area contributed by atoms with Crippen LogP contribution >= 0.6 is 11.6 Å². The number of fused-ring (bicyclic) bond motifs is 4. The molecule has 0 aromatic carbocycles. The van der Waals surface area contributed by atoms with Gasteiger partial charge >= 0.3 is 0 Å². The van der Waals surface area contributed by atoms with Crippen molar-refractivity contribution in [1.82, 2.24) is 14.8 Å². The molecule has 6 nitrogen and oxygen atoms in total. The molecule has 158 valence electrons. The highest BCUT2D eigenvalue weighted by atomic mass is 35.5. The van der Waals surface area contributed by atoms with Gasteiger partial charge in [0.05, 0.1) is 5.56 Å². The summed E-state index contributed by atoms with van der Waals surface area (Å²) >= 11 is 5.94. The fourth-order valence-corrected chi connectivity index (χ4v) is 5.75. The summed E-state index contributed by atoms with van der Waals surface area (Å²) in [6.07, 6.45) is 7.28. The number of nitrogens with zero attached hydrogens (tertiary/aromatic N) is 2. The van der Waals surface area contributed by atoms with E-state index in [1.54, 1.807) is 0 Å². The van der Waals surface area contributed by atoms with Gasteiger partial charge in [-0.3, -0.25) is 14.4 Å². The predicted molar refractivity (Wildman–Crippen MR) is 112 cm³/mol. The maximum absolute atomic E-state index is 13.2. The summed E-state index contributed by atoms with van der Waals surface area (Å²) in [5.41, 5.74) is 0.0359. The highest BCUT2D eigenvalue weighted by molar-refractivity contribution is 6.30. The fourth-order valence-electron chi connectivity index (χ4n) is 5.58. The number of rotatable bonds is 4. The van der Waals surface area contributed by atoms with Gasteiger partial charge < -0.3 is 14.8 Å². The van der Waals surface area contributed by atoms with E-state index in [4.69, 9.17) is 11.6 Å². The number of hydrogen-bond donors (Lipinski definition) is 1. The zero-order valence-electron chi connectivity index (χ0n) is 17.2. The van der Waals surface area contributed by atoms with Gasteiger partial charge in [0.25, 0.3) is 11.5 Å². The van der Waals surface area contributed by atoms with Crippen LogP contribution in [0.5, 0.6) is 0 Å². The number of aromatic amines is 1. The maximum atomic E-state index is 13.2. The van der Waals surface area contributed by atoms with Gasteiger partial charge in [0.1, 0.15) is 5.02 Å². The van der Waals surface area contributed by atoms with Gasteiger partial charge in [0.2, 0.25) is 5.91 Å². The van der Waals surface area contributed by atoms with Gasteiger partial charge in [-0.25, -0.2) is 0 Å². The molecule has 1 aromatic heterocycles. The van der Waals surface area contributed by atoms with Crippen LogP contribution in [0.1, 0.15) is 62.7 Å². The quantitative estimate of drug-likeness (QED) is 0.813. The molecule has 7 heteroatoms. The first-order valence-corrected chi connectivity index (χ1v) is 11.2. The molecule has 4 atom stereocenters. The highest BCUT2D eigenvalue weighted by Crippen LogP contribution is 2.43. The van der Waals surface area contributed by atoms with E-state index in [0.717, 1.165) is 32.1 Å². The van der Waals surface area contributed by atoms with Gasteiger partial charge in [-0.2, -0.15) is 0 Å². The van der Waals surface area contributed by atoms with Gasteiger partial charge in [-0.05, 0) is 55.9 Å². The molecule has 3 aliphatic heterocycles. The van der Waals surface area contributed by atoms with E-state index in [0.29, 0.717) is 48.7 Å². The van der Waals surface area contributed by atoms with Crippen molar-refractivity contribution in [3.63, 3.8) is 0 Å². The number of piperidine rings is 3. The average molecular weight is 420 g/mol. The molecule has 29 heavy (non-hydrogen) atoms. The molecular weight excluding hydrogens is 390 g/mol. The Bertz CT molecular complexity index is 852. The number of carbonyl (C=O) groups excluding carboxylic acids is 2. The summed E-state index contributed by atoms with van der Waals surface area (Å²) in [7, 11) is 0. The number of hydrogen-bond acceptors (Lipinski definition) is 3. The van der Waals surface area contributed by atoms with Crippen molar-refractivity contribution in [3.05, 3.63) is 33.2 Å². The van der Waals surface area contributed by atoms with Crippen molar-refractivity contribution < 1.29 is 9.59 Å². The number of carbonyl (C=O) groups is 2. The van der Waals surface area contributed by atoms with Crippen molar-refractivity contribution in [2.45, 2.75) is 64.5 Å². The third-order valence-corrected chi connectivity index (χ3v) is 7.21. The topological polar surface area (TPSA) is 73.5 Å². The normalized spacial score (nSPS) is 29.2.